The van der Waals surface area contributed by atoms with E-state index in [1.165, 1.54) is 12.2 Å². The van der Waals surface area contributed by atoms with Crippen LogP contribution in [0.25, 0.3) is 0 Å². The van der Waals surface area contributed by atoms with Gasteiger partial charge in [0.1, 0.15) is 5.76 Å². The predicted octanol–water partition coefficient (Wildman–Crippen LogP) is 6.23. The molecule has 0 spiro atoms. The number of carbonyl (C=O) groups is 3. The molecule has 2 N–H and O–H groups in total. The van der Waals surface area contributed by atoms with Crippen molar-refractivity contribution in [3.05, 3.63) is 46.8 Å². The number of ketones is 3. The number of hydrogen-bond acceptors (Lipinski definition) is 5. The Morgan fingerprint density at radius 1 is 1.09 bits per heavy atom. The first kappa shape index (κ1) is 29.0. The van der Waals surface area contributed by atoms with Gasteiger partial charge in [0.25, 0.3) is 0 Å². The molecule has 0 saturated heterocycles. The Balaban J connectivity index is 3.04. The quantitative estimate of drug-likeness (QED) is 0.314. The van der Waals surface area contributed by atoms with E-state index in [1.54, 1.807) is 27.7 Å². The molecule has 5 heteroatoms. The largest absolute Gasteiger partial charge is 0.510 e. The second kappa shape index (κ2) is 9.65. The van der Waals surface area contributed by atoms with E-state index < -0.39 is 45.1 Å². The van der Waals surface area contributed by atoms with Crippen LogP contribution in [0.1, 0.15) is 88.5 Å². The molecule has 0 aliphatic heterocycles. The van der Waals surface area contributed by atoms with E-state index in [1.807, 2.05) is 47.6 Å². The summed E-state index contributed by atoms with van der Waals surface area (Å²) in [4.78, 5) is 42.9. The van der Waals surface area contributed by atoms with Crippen molar-refractivity contribution < 1.29 is 24.6 Å². The number of allylic oxidation sites excluding steroid dienone is 7. The highest BCUT2D eigenvalue weighted by molar-refractivity contribution is 6.34. The standard InChI is InChI=1S/C30H44O5/c1-18(2)11-12-21-17-29(16-13-19(3)4)24(32)22(14-15-27(7,8)35)25(33)30(26(29)34,28(21,9)10)23(31)20(5)6/h11,13-15,20-21,32,35H,12,16-17H2,1-10H3/b15-14-/t21-,29+,30+/m1/s1. The predicted molar refractivity (Wildman–Crippen MR) is 140 cm³/mol. The Morgan fingerprint density at radius 3 is 2.09 bits per heavy atom. The lowest BCUT2D eigenvalue weighted by molar-refractivity contribution is -0.177. The molecule has 0 amide bonds. The molecule has 0 unspecified atom stereocenters. The Bertz CT molecular complexity index is 1020. The molecule has 194 valence electrons. The van der Waals surface area contributed by atoms with Gasteiger partial charge in [-0.3, -0.25) is 14.4 Å². The van der Waals surface area contributed by atoms with E-state index in [0.717, 1.165) is 11.1 Å². The van der Waals surface area contributed by atoms with E-state index >= 15 is 0 Å². The molecular weight excluding hydrogens is 440 g/mol. The fourth-order valence-corrected chi connectivity index (χ4v) is 5.72. The SMILES string of the molecule is CC(C)=CC[C@@H]1C[C@]2(CC=C(C)C)C(=O)[C@](C(=O)C(C)C)(C(=O)C(/C=C\C(C)(C)O)=C2O)C1(C)C. The summed E-state index contributed by atoms with van der Waals surface area (Å²) >= 11 is 0. The molecular formula is C30H44O5. The summed E-state index contributed by atoms with van der Waals surface area (Å²) in [5.74, 6) is -2.56. The Kier molecular flexibility index (Phi) is 7.98. The van der Waals surface area contributed by atoms with E-state index in [4.69, 9.17) is 0 Å². The zero-order chi connectivity index (χ0) is 27.1. The van der Waals surface area contributed by atoms with Crippen LogP contribution in [-0.4, -0.2) is 33.2 Å². The van der Waals surface area contributed by atoms with Gasteiger partial charge >= 0.3 is 0 Å². The average molecular weight is 485 g/mol. The average Bonchev–Trinajstić information content (AvgIpc) is 2.70. The lowest BCUT2D eigenvalue weighted by Crippen LogP contribution is -2.70. The molecule has 2 rings (SSSR count). The van der Waals surface area contributed by atoms with Crippen LogP contribution in [0, 0.1) is 28.1 Å². The van der Waals surface area contributed by atoms with Crippen molar-refractivity contribution in [3.8, 4) is 0 Å². The zero-order valence-corrected chi connectivity index (χ0v) is 23.2. The number of aliphatic hydroxyl groups is 2. The zero-order valence-electron chi connectivity index (χ0n) is 23.2. The van der Waals surface area contributed by atoms with Crippen LogP contribution >= 0.6 is 0 Å². The maximum absolute atomic E-state index is 14.5. The van der Waals surface area contributed by atoms with Gasteiger partial charge in [-0.15, -0.1) is 0 Å². The first-order valence-corrected chi connectivity index (χ1v) is 12.6. The van der Waals surface area contributed by atoms with Crippen LogP contribution in [0.15, 0.2) is 46.8 Å². The summed E-state index contributed by atoms with van der Waals surface area (Å²) < 4.78 is 0. The Labute approximate surface area is 211 Å². The highest BCUT2D eigenvalue weighted by atomic mass is 16.3. The van der Waals surface area contributed by atoms with Crippen molar-refractivity contribution >= 4 is 17.3 Å². The maximum Gasteiger partial charge on any atom is 0.187 e. The van der Waals surface area contributed by atoms with Gasteiger partial charge in [-0.25, -0.2) is 0 Å². The third-order valence-corrected chi connectivity index (χ3v) is 7.87. The molecule has 0 heterocycles. The van der Waals surface area contributed by atoms with Gasteiger partial charge in [-0.2, -0.15) is 0 Å². The summed E-state index contributed by atoms with van der Waals surface area (Å²) in [5, 5.41) is 21.9. The third kappa shape index (κ3) is 4.76. The molecule has 2 bridgehead atoms. The van der Waals surface area contributed by atoms with E-state index in [0.29, 0.717) is 12.8 Å². The van der Waals surface area contributed by atoms with Crippen molar-refractivity contribution in [2.45, 2.75) is 94.1 Å². The van der Waals surface area contributed by atoms with Gasteiger partial charge in [-0.1, -0.05) is 57.1 Å². The molecule has 35 heavy (non-hydrogen) atoms. The smallest absolute Gasteiger partial charge is 0.187 e. The minimum Gasteiger partial charge on any atom is -0.510 e. The summed E-state index contributed by atoms with van der Waals surface area (Å²) in [5.41, 5.74) is -3.46. The van der Waals surface area contributed by atoms with Crippen LogP contribution in [0.5, 0.6) is 0 Å². The highest BCUT2D eigenvalue weighted by Crippen LogP contribution is 2.65. The van der Waals surface area contributed by atoms with Gasteiger partial charge in [0.05, 0.1) is 16.6 Å². The number of fused-ring (bicyclic) bond motifs is 2. The van der Waals surface area contributed by atoms with Crippen molar-refractivity contribution in [1.29, 1.82) is 0 Å². The minimum absolute atomic E-state index is 0.0448. The second-order valence-electron chi connectivity index (χ2n) is 12.4. The Hall–Kier alpha value is -2.27. The third-order valence-electron chi connectivity index (χ3n) is 7.87. The maximum atomic E-state index is 14.5. The molecule has 0 radical (unpaired) electrons. The molecule has 1 saturated carbocycles. The first-order chi connectivity index (χ1) is 15.9. The number of hydrogen-bond donors (Lipinski definition) is 2. The van der Waals surface area contributed by atoms with Crippen LogP contribution < -0.4 is 0 Å². The lowest BCUT2D eigenvalue weighted by Gasteiger charge is -2.59. The number of Topliss-reactive ketones (excluding diaryl/α,β-unsaturated/α-hetero) is 3. The molecule has 3 atom stereocenters. The van der Waals surface area contributed by atoms with E-state index in [-0.39, 0.29) is 23.7 Å². The number of rotatable bonds is 8. The summed E-state index contributed by atoms with van der Waals surface area (Å²) in [6.07, 6.45) is 7.96. The van der Waals surface area contributed by atoms with Gasteiger partial charge in [0.15, 0.2) is 22.8 Å². The number of aliphatic hydroxyl groups excluding tert-OH is 1. The minimum atomic E-state index is -1.92. The molecule has 0 aromatic heterocycles. The molecule has 0 aromatic carbocycles. The normalized spacial score (nSPS) is 28.5. The van der Waals surface area contributed by atoms with Crippen molar-refractivity contribution in [2.24, 2.45) is 28.1 Å². The van der Waals surface area contributed by atoms with Crippen molar-refractivity contribution in [2.75, 3.05) is 0 Å². The molecule has 2 aliphatic carbocycles. The van der Waals surface area contributed by atoms with Gasteiger partial charge in [0.2, 0.25) is 0 Å². The van der Waals surface area contributed by atoms with Crippen LogP contribution in [0.3, 0.4) is 0 Å². The molecule has 5 nitrogen and oxygen atoms in total. The topological polar surface area (TPSA) is 91.7 Å². The molecule has 2 aliphatic rings. The van der Waals surface area contributed by atoms with Gasteiger partial charge in [-0.05, 0) is 78.2 Å². The van der Waals surface area contributed by atoms with Gasteiger partial charge in [0, 0.05) is 5.92 Å². The molecule has 0 aromatic rings. The molecule has 1 fully saturated rings. The number of carbonyl (C=O) groups excluding carboxylic acids is 3. The first-order valence-electron chi connectivity index (χ1n) is 12.6. The lowest BCUT2D eigenvalue weighted by atomic mass is 9.39. The van der Waals surface area contributed by atoms with E-state index in [9.17, 15) is 24.6 Å². The summed E-state index contributed by atoms with van der Waals surface area (Å²) in [6.45, 7) is 18.1. The van der Waals surface area contributed by atoms with E-state index in [2.05, 4.69) is 6.08 Å². The van der Waals surface area contributed by atoms with Crippen LogP contribution in [0.4, 0.5) is 0 Å². The fourth-order valence-electron chi connectivity index (χ4n) is 5.72. The van der Waals surface area contributed by atoms with Gasteiger partial charge < -0.3 is 10.2 Å². The van der Waals surface area contributed by atoms with Crippen molar-refractivity contribution in [1.82, 2.24) is 0 Å². The second-order valence-corrected chi connectivity index (χ2v) is 12.4. The Morgan fingerprint density at radius 2 is 1.63 bits per heavy atom. The summed E-state index contributed by atoms with van der Waals surface area (Å²) in [6, 6.07) is 0. The monoisotopic (exact) mass is 484 g/mol. The highest BCUT2D eigenvalue weighted by Gasteiger charge is 2.74. The van der Waals surface area contributed by atoms with Crippen LogP contribution in [-0.2, 0) is 14.4 Å². The van der Waals surface area contributed by atoms with Crippen molar-refractivity contribution in [3.63, 3.8) is 0 Å². The van der Waals surface area contributed by atoms with Crippen LogP contribution in [0.2, 0.25) is 0 Å². The fraction of sp³-hybridized carbons (Fsp3) is 0.633. The summed E-state index contributed by atoms with van der Waals surface area (Å²) in [7, 11) is 0.